The van der Waals surface area contributed by atoms with Gasteiger partial charge >= 0.3 is 0 Å². The molecule has 1 spiro atoms. The normalized spacial score (nSPS) is 23.1. The van der Waals surface area contributed by atoms with E-state index in [0.29, 0.717) is 39.3 Å². The summed E-state index contributed by atoms with van der Waals surface area (Å²) in [5, 5.41) is 2.54. The number of allylic oxidation sites excluding steroid dienone is 1. The van der Waals surface area contributed by atoms with Gasteiger partial charge < -0.3 is 18.3 Å². The lowest BCUT2D eigenvalue weighted by molar-refractivity contribution is -0.218. The van der Waals surface area contributed by atoms with Crippen molar-refractivity contribution < 1.29 is 23.1 Å². The van der Waals surface area contributed by atoms with Crippen LogP contribution in [0.15, 0.2) is 84.5 Å². The van der Waals surface area contributed by atoms with Crippen molar-refractivity contribution in [3.05, 3.63) is 84.5 Å². The molecule has 2 fully saturated rings. The van der Waals surface area contributed by atoms with Gasteiger partial charge in [0, 0.05) is 24.9 Å². The molecule has 5 nitrogen and oxygen atoms in total. The van der Waals surface area contributed by atoms with Gasteiger partial charge in [-0.15, -0.1) is 0 Å². The van der Waals surface area contributed by atoms with Crippen molar-refractivity contribution >= 4 is 32.8 Å². The van der Waals surface area contributed by atoms with Crippen LogP contribution >= 0.6 is 0 Å². The van der Waals surface area contributed by atoms with Crippen LogP contribution in [0.3, 0.4) is 0 Å². The monoisotopic (exact) mass is 714 g/mol. The second kappa shape index (κ2) is 15.6. The number of ether oxygens (including phenoxy) is 2. The van der Waals surface area contributed by atoms with Crippen LogP contribution in [0.25, 0.3) is 0 Å². The lowest BCUT2D eigenvalue weighted by Crippen LogP contribution is -2.66. The second-order valence-electron chi connectivity index (χ2n) is 17.2. The Bertz CT molecular complexity index is 1530. The van der Waals surface area contributed by atoms with Gasteiger partial charge in [0.15, 0.2) is 14.1 Å². The zero-order valence-corrected chi connectivity index (χ0v) is 34.7. The van der Waals surface area contributed by atoms with Crippen molar-refractivity contribution in [2.24, 2.45) is 17.3 Å². The SMILES string of the molecule is C=C1C(C(=O)C#CCC/C=C(\C)CO[Si](c2ccccc2)(c2ccccc2)C(C)(C)C)C2(C[C@@H](C)[C@]1(C)CO[Si](C)(C)C(C)(C)C)OCCO2. The van der Waals surface area contributed by atoms with E-state index in [4.69, 9.17) is 18.3 Å². The molecule has 0 radical (unpaired) electrons. The Hall–Kier alpha value is -2.58. The minimum atomic E-state index is -2.62. The maximum absolute atomic E-state index is 13.9. The molecule has 0 amide bonds. The molecule has 272 valence electrons. The van der Waals surface area contributed by atoms with Gasteiger partial charge in [0.25, 0.3) is 8.32 Å². The molecule has 0 aromatic heterocycles. The summed E-state index contributed by atoms with van der Waals surface area (Å²) in [6.45, 7) is 31.2. The molecule has 0 N–H and O–H groups in total. The topological polar surface area (TPSA) is 54.0 Å². The quantitative estimate of drug-likeness (QED) is 0.0766. The van der Waals surface area contributed by atoms with Crippen molar-refractivity contribution in [1.82, 2.24) is 0 Å². The molecule has 0 bridgehead atoms. The van der Waals surface area contributed by atoms with E-state index in [-0.39, 0.29) is 21.8 Å². The van der Waals surface area contributed by atoms with Gasteiger partial charge in [-0.3, -0.25) is 4.79 Å². The lowest BCUT2D eigenvalue weighted by atomic mass is 9.59. The fourth-order valence-corrected chi connectivity index (χ4v) is 12.9. The first-order chi connectivity index (χ1) is 23.3. The Morgan fingerprint density at radius 3 is 1.98 bits per heavy atom. The van der Waals surface area contributed by atoms with Crippen LogP contribution in [0.2, 0.25) is 23.2 Å². The maximum Gasteiger partial charge on any atom is 0.261 e. The zero-order chi connectivity index (χ0) is 37.0. The van der Waals surface area contributed by atoms with Crippen molar-refractivity contribution in [2.45, 2.75) is 111 Å². The van der Waals surface area contributed by atoms with E-state index < -0.39 is 33.8 Å². The molecule has 50 heavy (non-hydrogen) atoms. The largest absolute Gasteiger partial charge is 0.416 e. The summed E-state index contributed by atoms with van der Waals surface area (Å²) in [6.07, 6.45) is 4.10. The number of carbonyl (C=O) groups excluding carboxylic acids is 1. The molecule has 1 saturated carbocycles. The third kappa shape index (κ3) is 8.22. The Morgan fingerprint density at radius 2 is 1.48 bits per heavy atom. The second-order valence-corrected chi connectivity index (χ2v) is 26.4. The minimum absolute atomic E-state index is 0.0835. The number of hydrogen-bond acceptors (Lipinski definition) is 5. The molecule has 2 aromatic rings. The number of ketones is 1. The molecule has 1 aliphatic heterocycles. The van der Waals surface area contributed by atoms with Crippen molar-refractivity contribution in [3.63, 3.8) is 0 Å². The number of rotatable bonds is 11. The number of Topliss-reactive ketones (excluding diaryl/α,β-unsaturated/α-hetero) is 1. The molecule has 7 heteroatoms. The van der Waals surface area contributed by atoms with Gasteiger partial charge in [-0.1, -0.05) is 146 Å². The van der Waals surface area contributed by atoms with Crippen LogP contribution in [0.1, 0.15) is 81.6 Å². The highest BCUT2D eigenvalue weighted by Gasteiger charge is 2.59. The summed E-state index contributed by atoms with van der Waals surface area (Å²) in [4.78, 5) is 13.9. The van der Waals surface area contributed by atoms with E-state index in [2.05, 4.69) is 161 Å². The number of carbonyl (C=O) groups is 1. The van der Waals surface area contributed by atoms with Crippen LogP contribution < -0.4 is 10.4 Å². The number of unbranched alkanes of at least 4 members (excludes halogenated alkanes) is 1. The molecule has 4 rings (SSSR count). The van der Waals surface area contributed by atoms with Crippen molar-refractivity contribution in [3.8, 4) is 11.8 Å². The first-order valence-corrected chi connectivity index (χ1v) is 23.2. The van der Waals surface area contributed by atoms with E-state index in [0.717, 1.165) is 17.6 Å². The fraction of sp³-hybridized carbons (Fsp3) is 0.558. The Labute approximate surface area is 305 Å². The van der Waals surface area contributed by atoms with Gasteiger partial charge in [-0.25, -0.2) is 0 Å². The Kier molecular flexibility index (Phi) is 12.5. The number of benzene rings is 2. The van der Waals surface area contributed by atoms with Crippen LogP contribution in [0, 0.1) is 29.1 Å². The standard InChI is InChI=1S/C43H62O5Si2/c1-33(31-47-50(41(7,8)9,36-23-17-14-18-24-36)37-25-19-15-20-26-37)22-16-13-21-27-38(44)39-35(3)42(10,32-48-49(11,12)40(4,5)6)34(2)30-43(39)45-28-29-46-43/h14-15,17-20,22-26,34,39H,3,13,16,28-32H2,1-2,4-12H3/b33-22+/t34-,39?,42+/m1/s1. The molecule has 1 heterocycles. The predicted molar refractivity (Wildman–Crippen MR) is 212 cm³/mol. The molecular weight excluding hydrogens is 653 g/mol. The van der Waals surface area contributed by atoms with Gasteiger partial charge in [-0.2, -0.15) is 0 Å². The average molecular weight is 715 g/mol. The molecule has 2 aromatic carbocycles. The van der Waals surface area contributed by atoms with E-state index in [1.165, 1.54) is 10.4 Å². The van der Waals surface area contributed by atoms with Gasteiger partial charge in [0.05, 0.1) is 19.8 Å². The fourth-order valence-electron chi connectivity index (χ4n) is 7.23. The minimum Gasteiger partial charge on any atom is -0.416 e. The van der Waals surface area contributed by atoms with E-state index in [9.17, 15) is 4.79 Å². The molecular formula is C43H62O5Si2. The van der Waals surface area contributed by atoms with Crippen LogP contribution in [0.4, 0.5) is 0 Å². The van der Waals surface area contributed by atoms with Crippen LogP contribution in [-0.2, 0) is 23.1 Å². The highest BCUT2D eigenvalue weighted by Crippen LogP contribution is 2.55. The Balaban J connectivity index is 1.47. The van der Waals surface area contributed by atoms with Gasteiger partial charge in [-0.05, 0) is 58.7 Å². The Morgan fingerprint density at radius 1 is 0.940 bits per heavy atom. The molecule has 2 aliphatic rings. The summed E-state index contributed by atoms with van der Waals surface area (Å²) in [5.41, 5.74) is 1.57. The molecule has 1 saturated heterocycles. The first kappa shape index (κ1) is 40.2. The molecule has 3 atom stereocenters. The third-order valence-corrected chi connectivity index (χ3v) is 21.1. The van der Waals surface area contributed by atoms with Crippen LogP contribution in [0.5, 0.6) is 0 Å². The van der Waals surface area contributed by atoms with E-state index >= 15 is 0 Å². The highest BCUT2D eigenvalue weighted by molar-refractivity contribution is 6.99. The van der Waals surface area contributed by atoms with E-state index in [1.54, 1.807) is 0 Å². The van der Waals surface area contributed by atoms with Crippen molar-refractivity contribution in [2.75, 3.05) is 26.4 Å². The summed E-state index contributed by atoms with van der Waals surface area (Å²) < 4.78 is 26.3. The summed E-state index contributed by atoms with van der Waals surface area (Å²) in [6, 6.07) is 21.4. The van der Waals surface area contributed by atoms with E-state index in [1.807, 2.05) is 0 Å². The highest BCUT2D eigenvalue weighted by atomic mass is 28.4. The first-order valence-electron chi connectivity index (χ1n) is 18.4. The smallest absolute Gasteiger partial charge is 0.261 e. The zero-order valence-electron chi connectivity index (χ0n) is 32.7. The third-order valence-electron chi connectivity index (χ3n) is 11.7. The number of hydrogen-bond donors (Lipinski definition) is 0. The van der Waals surface area contributed by atoms with Crippen LogP contribution in [-0.4, -0.2) is 54.6 Å². The summed E-state index contributed by atoms with van der Waals surface area (Å²) in [5.74, 6) is 4.47. The lowest BCUT2D eigenvalue weighted by Gasteiger charge is -2.52. The predicted octanol–water partition coefficient (Wildman–Crippen LogP) is 8.85. The molecule has 1 aliphatic carbocycles. The summed E-state index contributed by atoms with van der Waals surface area (Å²) in [7, 11) is -4.63. The molecule has 1 unspecified atom stereocenters. The van der Waals surface area contributed by atoms with Gasteiger partial charge in [0.1, 0.15) is 5.92 Å². The van der Waals surface area contributed by atoms with Crippen molar-refractivity contribution in [1.29, 1.82) is 0 Å². The summed E-state index contributed by atoms with van der Waals surface area (Å²) >= 11 is 0. The maximum atomic E-state index is 13.9. The average Bonchev–Trinajstić information content (AvgIpc) is 3.51. The van der Waals surface area contributed by atoms with Gasteiger partial charge in [0.2, 0.25) is 5.78 Å².